The van der Waals surface area contributed by atoms with E-state index in [0.29, 0.717) is 17.8 Å². The topological polar surface area (TPSA) is 150 Å². The molecule has 0 aliphatic carbocycles. The zero-order valence-corrected chi connectivity index (χ0v) is 16.1. The second-order valence-corrected chi connectivity index (χ2v) is 6.81. The Bertz CT molecular complexity index is 1240. The lowest BCUT2D eigenvalue weighted by molar-refractivity contribution is 0.0990. The molecule has 1 amide bonds. The van der Waals surface area contributed by atoms with Crippen molar-refractivity contribution >= 4 is 35.3 Å². The molecule has 4 aromatic rings. The number of nitrogens with one attached hydrogen (secondary N) is 2. The van der Waals surface area contributed by atoms with E-state index in [2.05, 4.69) is 25.3 Å². The first kappa shape index (κ1) is 19.6. The Balaban J connectivity index is 1.71. The van der Waals surface area contributed by atoms with Gasteiger partial charge >= 0.3 is 7.12 Å². The number of aromatic nitrogens is 4. The molecule has 0 atom stereocenters. The predicted octanol–water partition coefficient (Wildman–Crippen LogP) is 0.719. The van der Waals surface area contributed by atoms with Crippen LogP contribution in [0.3, 0.4) is 0 Å². The summed E-state index contributed by atoms with van der Waals surface area (Å²) in [6, 6.07) is 14.5. The van der Waals surface area contributed by atoms with Crippen molar-refractivity contribution in [1.82, 2.24) is 19.9 Å². The van der Waals surface area contributed by atoms with Gasteiger partial charge in [0.1, 0.15) is 0 Å². The zero-order chi connectivity index (χ0) is 21.3. The van der Waals surface area contributed by atoms with Crippen LogP contribution in [0.2, 0.25) is 0 Å². The van der Waals surface area contributed by atoms with Gasteiger partial charge in [0.05, 0.1) is 0 Å². The normalized spacial score (nSPS) is 10.9. The van der Waals surface area contributed by atoms with E-state index in [1.807, 2.05) is 37.3 Å². The number of hydrogen-bond donors (Lipinski definition) is 5. The van der Waals surface area contributed by atoms with E-state index in [1.54, 1.807) is 18.2 Å². The van der Waals surface area contributed by atoms with Crippen LogP contribution in [-0.4, -0.2) is 43.0 Å². The van der Waals surface area contributed by atoms with Crippen LogP contribution in [-0.2, 0) is 6.54 Å². The first-order valence-electron chi connectivity index (χ1n) is 9.25. The summed E-state index contributed by atoms with van der Waals surface area (Å²) in [4.78, 5) is 27.9. The van der Waals surface area contributed by atoms with Gasteiger partial charge in [-0.05, 0) is 24.0 Å². The lowest BCUT2D eigenvalue weighted by Gasteiger charge is -2.09. The maximum atomic E-state index is 11.8. The molecule has 2 aromatic heterocycles. The Labute approximate surface area is 172 Å². The molecule has 2 aromatic carbocycles. The number of benzene rings is 2. The third-order valence-corrected chi connectivity index (χ3v) is 4.67. The lowest BCUT2D eigenvalue weighted by Crippen LogP contribution is -2.30. The Morgan fingerprint density at radius 2 is 1.93 bits per heavy atom. The molecule has 0 unspecified atom stereocenters. The van der Waals surface area contributed by atoms with Gasteiger partial charge in [-0.15, -0.1) is 0 Å². The largest absolute Gasteiger partial charge is 0.488 e. The van der Waals surface area contributed by atoms with Gasteiger partial charge < -0.3 is 26.1 Å². The van der Waals surface area contributed by atoms with Gasteiger partial charge in [-0.2, -0.15) is 9.97 Å². The molecular formula is C20H19BN6O3. The SMILES string of the molecule is Cc1[nH]c2ccccc2c1-c1nc(NCc2cccc(B(O)O)c2)nc(C(N)=O)n1. The first-order chi connectivity index (χ1) is 14.4. The Hall–Kier alpha value is -3.76. The lowest BCUT2D eigenvalue weighted by atomic mass is 9.80. The van der Waals surface area contributed by atoms with Crippen LogP contribution in [0, 0.1) is 6.92 Å². The molecular weight excluding hydrogens is 383 g/mol. The van der Waals surface area contributed by atoms with Crippen LogP contribution in [0.4, 0.5) is 5.95 Å². The summed E-state index contributed by atoms with van der Waals surface area (Å²) < 4.78 is 0. The molecule has 2 heterocycles. The van der Waals surface area contributed by atoms with Crippen LogP contribution in [0.1, 0.15) is 21.9 Å². The van der Waals surface area contributed by atoms with E-state index >= 15 is 0 Å². The quantitative estimate of drug-likeness (QED) is 0.298. The van der Waals surface area contributed by atoms with E-state index in [0.717, 1.165) is 27.7 Å². The van der Waals surface area contributed by atoms with Crippen molar-refractivity contribution in [3.63, 3.8) is 0 Å². The van der Waals surface area contributed by atoms with Crippen molar-refractivity contribution in [2.45, 2.75) is 13.5 Å². The molecule has 0 fully saturated rings. The number of aromatic amines is 1. The molecule has 150 valence electrons. The highest BCUT2D eigenvalue weighted by Crippen LogP contribution is 2.30. The number of carbonyl (C=O) groups excluding carboxylic acids is 1. The van der Waals surface area contributed by atoms with Gasteiger partial charge in [0.15, 0.2) is 5.82 Å². The summed E-state index contributed by atoms with van der Waals surface area (Å²) in [5.41, 5.74) is 9.14. The molecule has 10 heteroatoms. The van der Waals surface area contributed by atoms with E-state index in [4.69, 9.17) is 5.73 Å². The van der Waals surface area contributed by atoms with E-state index in [-0.39, 0.29) is 11.8 Å². The molecule has 0 radical (unpaired) electrons. The van der Waals surface area contributed by atoms with Crippen molar-refractivity contribution in [3.8, 4) is 11.4 Å². The second kappa shape index (κ2) is 7.93. The number of anilines is 1. The minimum atomic E-state index is -1.56. The first-order valence-corrected chi connectivity index (χ1v) is 9.25. The predicted molar refractivity (Wildman–Crippen MR) is 114 cm³/mol. The molecule has 4 rings (SSSR count). The minimum absolute atomic E-state index is 0.147. The smallest absolute Gasteiger partial charge is 0.423 e. The van der Waals surface area contributed by atoms with Crippen LogP contribution in [0.25, 0.3) is 22.3 Å². The highest BCUT2D eigenvalue weighted by molar-refractivity contribution is 6.58. The number of rotatable bonds is 6. The van der Waals surface area contributed by atoms with Crippen molar-refractivity contribution in [2.75, 3.05) is 5.32 Å². The third kappa shape index (κ3) is 3.86. The van der Waals surface area contributed by atoms with Gasteiger partial charge in [0.25, 0.3) is 5.91 Å². The number of hydrogen-bond acceptors (Lipinski definition) is 7. The number of nitrogens with zero attached hydrogens (tertiary/aromatic N) is 3. The highest BCUT2D eigenvalue weighted by Gasteiger charge is 2.18. The van der Waals surface area contributed by atoms with Crippen molar-refractivity contribution < 1.29 is 14.8 Å². The number of carbonyl (C=O) groups is 1. The van der Waals surface area contributed by atoms with Crippen molar-refractivity contribution in [1.29, 1.82) is 0 Å². The third-order valence-electron chi connectivity index (χ3n) is 4.67. The van der Waals surface area contributed by atoms with Gasteiger partial charge in [0, 0.05) is 28.7 Å². The Kier molecular flexibility index (Phi) is 5.17. The standard InChI is InChI=1S/C20H19BN6O3/c1-11-16(14-7-2-3-8-15(14)24-11)18-25-19(17(22)28)27-20(26-18)23-10-12-5-4-6-13(9-12)21(29)30/h2-9,24,29-30H,10H2,1H3,(H2,22,28)(H,23,25,26,27). The number of fused-ring (bicyclic) bond motifs is 1. The second-order valence-electron chi connectivity index (χ2n) is 6.81. The molecule has 0 bridgehead atoms. The summed E-state index contributed by atoms with van der Waals surface area (Å²) in [7, 11) is -1.56. The van der Waals surface area contributed by atoms with Gasteiger partial charge in [0.2, 0.25) is 11.8 Å². The molecule has 0 aliphatic rings. The average Bonchev–Trinajstić information content (AvgIpc) is 3.08. The minimum Gasteiger partial charge on any atom is -0.423 e. The molecule has 0 aliphatic heterocycles. The Morgan fingerprint density at radius 3 is 2.70 bits per heavy atom. The maximum Gasteiger partial charge on any atom is 0.488 e. The Morgan fingerprint density at radius 1 is 1.13 bits per heavy atom. The summed E-state index contributed by atoms with van der Waals surface area (Å²) in [6.07, 6.45) is 0. The molecule has 9 nitrogen and oxygen atoms in total. The molecule has 0 saturated heterocycles. The summed E-state index contributed by atoms with van der Waals surface area (Å²) >= 11 is 0. The number of nitrogens with two attached hydrogens (primary N) is 1. The van der Waals surface area contributed by atoms with Gasteiger partial charge in [-0.1, -0.05) is 42.5 Å². The van der Waals surface area contributed by atoms with E-state index in [9.17, 15) is 14.8 Å². The number of aryl methyl sites for hydroxylation is 1. The number of para-hydroxylation sites is 1. The van der Waals surface area contributed by atoms with Crippen LogP contribution in [0.5, 0.6) is 0 Å². The van der Waals surface area contributed by atoms with Gasteiger partial charge in [-0.25, -0.2) is 4.98 Å². The molecule has 0 saturated carbocycles. The van der Waals surface area contributed by atoms with Crippen LogP contribution < -0.4 is 16.5 Å². The number of primary amides is 1. The maximum absolute atomic E-state index is 11.8. The van der Waals surface area contributed by atoms with Crippen molar-refractivity contribution in [3.05, 3.63) is 65.6 Å². The highest BCUT2D eigenvalue weighted by atomic mass is 16.4. The molecule has 30 heavy (non-hydrogen) atoms. The van der Waals surface area contributed by atoms with E-state index in [1.165, 1.54) is 0 Å². The summed E-state index contributed by atoms with van der Waals surface area (Å²) in [5, 5.41) is 22.6. The summed E-state index contributed by atoms with van der Waals surface area (Å²) in [5.74, 6) is -0.388. The fourth-order valence-corrected chi connectivity index (χ4v) is 3.29. The van der Waals surface area contributed by atoms with Crippen LogP contribution >= 0.6 is 0 Å². The fraction of sp³-hybridized carbons (Fsp3) is 0.100. The van der Waals surface area contributed by atoms with Gasteiger partial charge in [-0.3, -0.25) is 4.79 Å². The van der Waals surface area contributed by atoms with Crippen LogP contribution in [0.15, 0.2) is 48.5 Å². The summed E-state index contributed by atoms with van der Waals surface area (Å²) in [6.45, 7) is 2.21. The van der Waals surface area contributed by atoms with Crippen molar-refractivity contribution in [2.24, 2.45) is 5.73 Å². The monoisotopic (exact) mass is 402 g/mol. The molecule has 6 N–H and O–H groups in total. The number of amides is 1. The fourth-order valence-electron chi connectivity index (χ4n) is 3.29. The van der Waals surface area contributed by atoms with E-state index < -0.39 is 13.0 Å². The zero-order valence-electron chi connectivity index (χ0n) is 16.1. The number of H-pyrrole nitrogens is 1. The average molecular weight is 402 g/mol. The molecule has 0 spiro atoms.